The van der Waals surface area contributed by atoms with Crippen LogP contribution in [-0.4, -0.2) is 61.7 Å². The minimum absolute atomic E-state index is 0.877. The van der Waals surface area contributed by atoms with E-state index in [4.69, 9.17) is 0 Å². The molecule has 18 heavy (non-hydrogen) atoms. The van der Waals surface area contributed by atoms with Gasteiger partial charge in [0.05, 0.1) is 0 Å². The molecule has 1 saturated heterocycles. The molecule has 1 aliphatic carbocycles. The van der Waals surface area contributed by atoms with Crippen LogP contribution in [0.15, 0.2) is 0 Å². The summed E-state index contributed by atoms with van der Waals surface area (Å²) in [5.74, 6) is 0.916. The summed E-state index contributed by atoms with van der Waals surface area (Å²) >= 11 is 0. The SMILES string of the molecule is CCN(CC)CCCN1CCC(CNC2CC2)C1. The van der Waals surface area contributed by atoms with Crippen LogP contribution in [0.5, 0.6) is 0 Å². The van der Waals surface area contributed by atoms with Gasteiger partial charge < -0.3 is 15.1 Å². The summed E-state index contributed by atoms with van der Waals surface area (Å²) in [6, 6.07) is 0.877. The Morgan fingerprint density at radius 3 is 2.61 bits per heavy atom. The zero-order chi connectivity index (χ0) is 12.8. The summed E-state index contributed by atoms with van der Waals surface area (Å²) in [5, 5.41) is 3.68. The third-order valence-electron chi connectivity index (χ3n) is 4.49. The molecule has 1 saturated carbocycles. The van der Waals surface area contributed by atoms with Crippen molar-refractivity contribution in [3.05, 3.63) is 0 Å². The Morgan fingerprint density at radius 2 is 1.94 bits per heavy atom. The van der Waals surface area contributed by atoms with Crippen LogP contribution in [0, 0.1) is 5.92 Å². The zero-order valence-corrected chi connectivity index (χ0v) is 12.3. The largest absolute Gasteiger partial charge is 0.314 e. The van der Waals surface area contributed by atoms with Crippen LogP contribution in [0.3, 0.4) is 0 Å². The smallest absolute Gasteiger partial charge is 0.00683 e. The molecule has 0 aromatic heterocycles. The van der Waals surface area contributed by atoms with Gasteiger partial charge in [0.1, 0.15) is 0 Å². The average molecular weight is 253 g/mol. The molecule has 1 atom stereocenters. The molecule has 0 aromatic carbocycles. The minimum atomic E-state index is 0.877. The summed E-state index contributed by atoms with van der Waals surface area (Å²) in [5.41, 5.74) is 0. The molecular weight excluding hydrogens is 222 g/mol. The van der Waals surface area contributed by atoms with Crippen LogP contribution in [0.2, 0.25) is 0 Å². The van der Waals surface area contributed by atoms with Crippen molar-refractivity contribution in [2.75, 3.05) is 45.8 Å². The summed E-state index contributed by atoms with van der Waals surface area (Å²) < 4.78 is 0. The van der Waals surface area contributed by atoms with E-state index in [2.05, 4.69) is 29.0 Å². The second-order valence-electron chi connectivity index (χ2n) is 6.02. The van der Waals surface area contributed by atoms with E-state index in [1.807, 2.05) is 0 Å². The van der Waals surface area contributed by atoms with E-state index < -0.39 is 0 Å². The Kier molecular flexibility index (Phi) is 5.93. The maximum atomic E-state index is 3.68. The fourth-order valence-electron chi connectivity index (χ4n) is 2.96. The molecule has 2 fully saturated rings. The van der Waals surface area contributed by atoms with Crippen molar-refractivity contribution in [1.82, 2.24) is 15.1 Å². The fourth-order valence-corrected chi connectivity index (χ4v) is 2.96. The van der Waals surface area contributed by atoms with Gasteiger partial charge in [-0.15, -0.1) is 0 Å². The highest BCUT2D eigenvalue weighted by molar-refractivity contribution is 4.84. The molecule has 0 aromatic rings. The van der Waals surface area contributed by atoms with Crippen molar-refractivity contribution in [2.45, 2.75) is 45.6 Å². The third kappa shape index (κ3) is 4.87. The normalized spacial score (nSPS) is 25.2. The van der Waals surface area contributed by atoms with Crippen LogP contribution in [0.1, 0.15) is 39.5 Å². The molecule has 0 bridgehead atoms. The summed E-state index contributed by atoms with van der Waals surface area (Å²) in [4.78, 5) is 5.20. The van der Waals surface area contributed by atoms with E-state index in [1.54, 1.807) is 0 Å². The van der Waals surface area contributed by atoms with Crippen molar-refractivity contribution in [3.63, 3.8) is 0 Å². The quantitative estimate of drug-likeness (QED) is 0.676. The molecule has 0 radical (unpaired) electrons. The van der Waals surface area contributed by atoms with E-state index in [0.717, 1.165) is 12.0 Å². The molecule has 0 amide bonds. The molecular formula is C15H31N3. The van der Waals surface area contributed by atoms with Crippen molar-refractivity contribution in [2.24, 2.45) is 5.92 Å². The van der Waals surface area contributed by atoms with Gasteiger partial charge in [-0.2, -0.15) is 0 Å². The Labute approximate surface area is 113 Å². The lowest BCUT2D eigenvalue weighted by Crippen LogP contribution is -2.30. The highest BCUT2D eigenvalue weighted by atomic mass is 15.2. The summed E-state index contributed by atoms with van der Waals surface area (Å²) in [6.07, 6.45) is 5.58. The molecule has 1 N–H and O–H groups in total. The summed E-state index contributed by atoms with van der Waals surface area (Å²) in [7, 11) is 0. The first-order valence-corrected chi connectivity index (χ1v) is 8.00. The lowest BCUT2D eigenvalue weighted by molar-refractivity contribution is 0.258. The van der Waals surface area contributed by atoms with Crippen LogP contribution < -0.4 is 5.32 Å². The lowest BCUT2D eigenvalue weighted by atomic mass is 10.1. The molecule has 0 spiro atoms. The van der Waals surface area contributed by atoms with E-state index in [1.165, 1.54) is 71.5 Å². The van der Waals surface area contributed by atoms with Gasteiger partial charge in [0.25, 0.3) is 0 Å². The lowest BCUT2D eigenvalue weighted by Gasteiger charge is -2.21. The van der Waals surface area contributed by atoms with E-state index in [0.29, 0.717) is 0 Å². The maximum absolute atomic E-state index is 3.68. The van der Waals surface area contributed by atoms with Crippen LogP contribution >= 0.6 is 0 Å². The van der Waals surface area contributed by atoms with Crippen LogP contribution in [0.25, 0.3) is 0 Å². The number of hydrogen-bond acceptors (Lipinski definition) is 3. The van der Waals surface area contributed by atoms with E-state index in [9.17, 15) is 0 Å². The van der Waals surface area contributed by atoms with Gasteiger partial charge >= 0.3 is 0 Å². The standard InChI is InChI=1S/C15H31N3/c1-3-17(4-2)9-5-10-18-11-8-14(13-18)12-16-15-6-7-15/h14-16H,3-13H2,1-2H3. The van der Waals surface area contributed by atoms with Crippen molar-refractivity contribution < 1.29 is 0 Å². The maximum Gasteiger partial charge on any atom is 0.00683 e. The van der Waals surface area contributed by atoms with Crippen LogP contribution in [-0.2, 0) is 0 Å². The Bertz CT molecular complexity index is 224. The number of rotatable bonds is 9. The van der Waals surface area contributed by atoms with Crippen molar-refractivity contribution in [1.29, 1.82) is 0 Å². The van der Waals surface area contributed by atoms with Gasteiger partial charge in [0.2, 0.25) is 0 Å². The molecule has 1 aliphatic heterocycles. The Balaban J connectivity index is 1.51. The number of nitrogens with one attached hydrogen (secondary N) is 1. The highest BCUT2D eigenvalue weighted by Gasteiger charge is 2.25. The zero-order valence-electron chi connectivity index (χ0n) is 12.3. The molecule has 1 unspecified atom stereocenters. The monoisotopic (exact) mass is 253 g/mol. The predicted molar refractivity (Wildman–Crippen MR) is 78.0 cm³/mol. The average Bonchev–Trinajstić information content (AvgIpc) is 3.12. The molecule has 3 heteroatoms. The first-order chi connectivity index (χ1) is 8.81. The van der Waals surface area contributed by atoms with Gasteiger partial charge in [-0.05, 0) is 70.9 Å². The number of nitrogens with zero attached hydrogens (tertiary/aromatic N) is 2. The van der Waals surface area contributed by atoms with Crippen molar-refractivity contribution in [3.8, 4) is 0 Å². The van der Waals surface area contributed by atoms with E-state index in [-0.39, 0.29) is 0 Å². The van der Waals surface area contributed by atoms with Gasteiger partial charge in [0.15, 0.2) is 0 Å². The van der Waals surface area contributed by atoms with Gasteiger partial charge in [0, 0.05) is 12.6 Å². The molecule has 3 nitrogen and oxygen atoms in total. The fraction of sp³-hybridized carbons (Fsp3) is 1.00. The number of hydrogen-bond donors (Lipinski definition) is 1. The predicted octanol–water partition coefficient (Wildman–Crippen LogP) is 1.79. The summed E-state index contributed by atoms with van der Waals surface area (Å²) in [6.45, 7) is 13.4. The van der Waals surface area contributed by atoms with Gasteiger partial charge in [-0.3, -0.25) is 0 Å². The topological polar surface area (TPSA) is 18.5 Å². The van der Waals surface area contributed by atoms with Crippen molar-refractivity contribution >= 4 is 0 Å². The Morgan fingerprint density at radius 1 is 1.17 bits per heavy atom. The van der Waals surface area contributed by atoms with Gasteiger partial charge in [-0.1, -0.05) is 13.8 Å². The van der Waals surface area contributed by atoms with E-state index >= 15 is 0 Å². The molecule has 2 rings (SSSR count). The first kappa shape index (κ1) is 14.3. The highest BCUT2D eigenvalue weighted by Crippen LogP contribution is 2.21. The molecule has 106 valence electrons. The second-order valence-corrected chi connectivity index (χ2v) is 6.02. The molecule has 2 aliphatic rings. The number of likely N-dealkylation sites (tertiary alicyclic amines) is 1. The van der Waals surface area contributed by atoms with Gasteiger partial charge in [-0.25, -0.2) is 0 Å². The minimum Gasteiger partial charge on any atom is -0.314 e. The Hall–Kier alpha value is -0.120. The molecule has 1 heterocycles. The van der Waals surface area contributed by atoms with Crippen LogP contribution in [0.4, 0.5) is 0 Å². The third-order valence-corrected chi connectivity index (χ3v) is 4.49. The second kappa shape index (κ2) is 7.46. The first-order valence-electron chi connectivity index (χ1n) is 8.00.